The fourth-order valence-electron chi connectivity index (χ4n) is 1.69. The van der Waals surface area contributed by atoms with Crippen molar-refractivity contribution in [3.05, 3.63) is 0 Å². The van der Waals surface area contributed by atoms with Crippen molar-refractivity contribution in [1.82, 2.24) is 0 Å². The van der Waals surface area contributed by atoms with Crippen molar-refractivity contribution in [3.63, 3.8) is 0 Å². The summed E-state index contributed by atoms with van der Waals surface area (Å²) in [6, 6.07) is 1.05. The zero-order valence-corrected chi connectivity index (χ0v) is 9.82. The molecular weight excluding hydrogens is 219 g/mol. The van der Waals surface area contributed by atoms with E-state index < -0.39 is 7.42 Å². The molecule has 0 radical (unpaired) electrons. The van der Waals surface area contributed by atoms with Gasteiger partial charge in [-0.3, -0.25) is 0 Å². The van der Waals surface area contributed by atoms with Crippen LogP contribution in [-0.4, -0.2) is 12.8 Å². The highest BCUT2D eigenvalue weighted by Crippen LogP contribution is 2.32. The Kier molecular flexibility index (Phi) is 4.58. The zero-order chi connectivity index (χ0) is 8.27. The monoisotopic (exact) mass is 230 g/mol. The average Bonchev–Trinajstić information content (AvgIpc) is 1.85. The maximum atomic E-state index is 6.02. The maximum Gasteiger partial charge on any atom is 0.237 e. The summed E-state index contributed by atoms with van der Waals surface area (Å²) in [5, 5.41) is 0.384. The average molecular weight is 232 g/mol. The number of alkyl halides is 1. The van der Waals surface area contributed by atoms with Crippen molar-refractivity contribution in [2.75, 3.05) is 0 Å². The second-order valence-corrected chi connectivity index (χ2v) is 8.96. The predicted octanol–water partition coefficient (Wildman–Crippen LogP) is 3.48. The lowest BCUT2D eigenvalue weighted by Gasteiger charge is -2.25. The Morgan fingerprint density at radius 2 is 2.00 bits per heavy atom. The first kappa shape index (κ1) is 10.2. The molecular formula is C7H13Cl3Si. The summed E-state index contributed by atoms with van der Waals surface area (Å²) in [5.74, 6) is 0.720. The Bertz CT molecular complexity index is 116. The second kappa shape index (κ2) is 4.96. The molecule has 0 bridgehead atoms. The molecule has 0 N–H and O–H groups in total. The minimum Gasteiger partial charge on any atom is -0.150 e. The van der Waals surface area contributed by atoms with Gasteiger partial charge in [-0.05, 0) is 24.8 Å². The van der Waals surface area contributed by atoms with Crippen molar-refractivity contribution in [3.8, 4) is 0 Å². The minimum atomic E-state index is -1.39. The third kappa shape index (κ3) is 4.02. The summed E-state index contributed by atoms with van der Waals surface area (Å²) in [6.07, 6.45) is 4.85. The molecule has 0 heterocycles. The van der Waals surface area contributed by atoms with Gasteiger partial charge in [0.15, 0.2) is 0 Å². The number of hydrogen-bond acceptors (Lipinski definition) is 0. The smallest absolute Gasteiger partial charge is 0.150 e. The van der Waals surface area contributed by atoms with Gasteiger partial charge in [-0.1, -0.05) is 12.8 Å². The molecule has 0 nitrogen and oxygen atoms in total. The largest absolute Gasteiger partial charge is 0.237 e. The first-order chi connectivity index (χ1) is 5.18. The molecule has 11 heavy (non-hydrogen) atoms. The van der Waals surface area contributed by atoms with Crippen molar-refractivity contribution >= 4 is 41.2 Å². The Morgan fingerprint density at radius 3 is 2.55 bits per heavy atom. The summed E-state index contributed by atoms with van der Waals surface area (Å²) in [6.45, 7) is 0. The highest BCUT2D eigenvalue weighted by atomic mass is 35.7. The van der Waals surface area contributed by atoms with Crippen LogP contribution in [-0.2, 0) is 0 Å². The third-order valence-electron chi connectivity index (χ3n) is 2.23. The van der Waals surface area contributed by atoms with E-state index in [2.05, 4.69) is 0 Å². The van der Waals surface area contributed by atoms with Crippen molar-refractivity contribution in [2.45, 2.75) is 37.1 Å². The van der Waals surface area contributed by atoms with E-state index in [-0.39, 0.29) is 0 Å². The van der Waals surface area contributed by atoms with Crippen LogP contribution in [0.5, 0.6) is 0 Å². The van der Waals surface area contributed by atoms with Crippen LogP contribution in [0.1, 0.15) is 25.7 Å². The molecule has 2 unspecified atom stereocenters. The van der Waals surface area contributed by atoms with Gasteiger partial charge in [0, 0.05) is 5.38 Å². The lowest BCUT2D eigenvalue weighted by molar-refractivity contribution is 0.390. The summed E-state index contributed by atoms with van der Waals surface area (Å²) >= 11 is 17.7. The van der Waals surface area contributed by atoms with Crippen LogP contribution in [0.2, 0.25) is 6.04 Å². The van der Waals surface area contributed by atoms with E-state index in [0.717, 1.165) is 18.4 Å². The van der Waals surface area contributed by atoms with Gasteiger partial charge in [0.1, 0.15) is 0 Å². The molecule has 0 aliphatic heterocycles. The van der Waals surface area contributed by atoms with Crippen LogP contribution >= 0.6 is 33.8 Å². The molecule has 0 aromatic carbocycles. The van der Waals surface area contributed by atoms with Crippen molar-refractivity contribution < 1.29 is 0 Å². The molecule has 1 fully saturated rings. The topological polar surface area (TPSA) is 0 Å². The number of hydrogen-bond donors (Lipinski definition) is 0. The number of halogens is 3. The van der Waals surface area contributed by atoms with Crippen LogP contribution in [0.3, 0.4) is 0 Å². The Hall–Kier alpha value is 1.09. The van der Waals surface area contributed by atoms with E-state index >= 15 is 0 Å². The summed E-state index contributed by atoms with van der Waals surface area (Å²) in [4.78, 5) is 0. The first-order valence-corrected chi connectivity index (χ1v) is 8.85. The van der Waals surface area contributed by atoms with E-state index in [9.17, 15) is 0 Å². The highest BCUT2D eigenvalue weighted by Gasteiger charge is 2.22. The van der Waals surface area contributed by atoms with E-state index in [1.165, 1.54) is 19.3 Å². The van der Waals surface area contributed by atoms with E-state index in [1.807, 2.05) is 0 Å². The lowest BCUT2D eigenvalue weighted by Crippen LogP contribution is -2.17. The van der Waals surface area contributed by atoms with Gasteiger partial charge in [0.2, 0.25) is 7.42 Å². The molecule has 1 aliphatic carbocycles. The molecule has 0 amide bonds. The highest BCUT2D eigenvalue weighted by molar-refractivity contribution is 7.33. The summed E-state index contributed by atoms with van der Waals surface area (Å²) < 4.78 is 0. The Labute approximate surface area is 84.2 Å². The van der Waals surface area contributed by atoms with Crippen molar-refractivity contribution in [1.29, 1.82) is 0 Å². The van der Waals surface area contributed by atoms with E-state index in [0.29, 0.717) is 5.38 Å². The fraction of sp³-hybridized carbons (Fsp3) is 1.00. The lowest BCUT2D eigenvalue weighted by atomic mass is 9.90. The van der Waals surface area contributed by atoms with E-state index in [4.69, 9.17) is 33.8 Å². The standard InChI is InChI=1S/C7H13Cl3Si/c8-7-3-1-2-6(4-7)5-11(9)10/h6-7,11H,1-5H2. The molecule has 0 spiro atoms. The molecule has 66 valence electrons. The molecule has 4 heteroatoms. The van der Waals surface area contributed by atoms with Crippen LogP contribution in [0, 0.1) is 5.92 Å². The maximum absolute atomic E-state index is 6.02. The molecule has 0 aromatic heterocycles. The van der Waals surface area contributed by atoms with Crippen LogP contribution in [0.15, 0.2) is 0 Å². The molecule has 1 rings (SSSR count). The Balaban J connectivity index is 2.23. The first-order valence-electron chi connectivity index (χ1n) is 4.10. The fourth-order valence-corrected chi connectivity index (χ4v) is 4.54. The molecule has 1 aliphatic rings. The Morgan fingerprint density at radius 1 is 1.27 bits per heavy atom. The van der Waals surface area contributed by atoms with E-state index in [1.54, 1.807) is 0 Å². The molecule has 2 atom stereocenters. The van der Waals surface area contributed by atoms with Gasteiger partial charge in [0.25, 0.3) is 0 Å². The van der Waals surface area contributed by atoms with Gasteiger partial charge in [-0.15, -0.1) is 11.6 Å². The van der Waals surface area contributed by atoms with Crippen LogP contribution in [0.25, 0.3) is 0 Å². The summed E-state index contributed by atoms with van der Waals surface area (Å²) in [5.41, 5.74) is 0. The van der Waals surface area contributed by atoms with Gasteiger partial charge < -0.3 is 0 Å². The summed E-state index contributed by atoms with van der Waals surface area (Å²) in [7, 11) is -1.39. The zero-order valence-electron chi connectivity index (χ0n) is 6.40. The normalized spacial score (nSPS) is 32.7. The minimum absolute atomic E-state index is 0.384. The molecule has 0 saturated heterocycles. The molecule has 1 saturated carbocycles. The molecule has 0 aromatic rings. The van der Waals surface area contributed by atoms with Crippen molar-refractivity contribution in [2.24, 2.45) is 5.92 Å². The number of rotatable bonds is 2. The van der Waals surface area contributed by atoms with Gasteiger partial charge >= 0.3 is 0 Å². The second-order valence-electron chi connectivity index (χ2n) is 3.26. The van der Waals surface area contributed by atoms with Gasteiger partial charge in [-0.2, -0.15) is 22.2 Å². The SMILES string of the molecule is ClC1CCCC(C[SiH](Cl)Cl)C1. The van der Waals surface area contributed by atoms with Crippen LogP contribution in [0.4, 0.5) is 0 Å². The van der Waals surface area contributed by atoms with Crippen LogP contribution < -0.4 is 0 Å². The quantitative estimate of drug-likeness (QED) is 0.388. The van der Waals surface area contributed by atoms with Gasteiger partial charge in [0.05, 0.1) is 0 Å². The predicted molar refractivity (Wildman–Crippen MR) is 55.3 cm³/mol. The van der Waals surface area contributed by atoms with Gasteiger partial charge in [-0.25, -0.2) is 0 Å². The third-order valence-corrected chi connectivity index (χ3v) is 4.72.